The highest BCUT2D eigenvalue weighted by Gasteiger charge is 2.10. The molecule has 0 aromatic carbocycles. The van der Waals surface area contributed by atoms with Gasteiger partial charge in [-0.15, -0.1) is 22.7 Å². The zero-order valence-corrected chi connectivity index (χ0v) is 14.7. The first kappa shape index (κ1) is 15.3. The summed E-state index contributed by atoms with van der Waals surface area (Å²) in [5, 5.41) is 7.76. The van der Waals surface area contributed by atoms with Gasteiger partial charge in [-0.1, -0.05) is 6.07 Å². The fourth-order valence-corrected chi connectivity index (χ4v) is 4.17. The molecule has 0 saturated heterocycles. The number of carbonyl (C=O) groups is 1. The number of carbonyl (C=O) groups excluding carboxylic acids is 1. The Morgan fingerprint density at radius 1 is 1.23 bits per heavy atom. The van der Waals surface area contributed by atoms with Crippen LogP contribution >= 0.6 is 38.6 Å². The quantitative estimate of drug-likeness (QED) is 0.715. The van der Waals surface area contributed by atoms with Gasteiger partial charge < -0.3 is 5.32 Å². The Morgan fingerprint density at radius 3 is 2.86 bits per heavy atom. The van der Waals surface area contributed by atoms with Crippen LogP contribution in [0.25, 0.3) is 9.88 Å². The van der Waals surface area contributed by atoms with E-state index in [1.807, 2.05) is 35.0 Å². The van der Waals surface area contributed by atoms with Gasteiger partial charge in [0.15, 0.2) is 0 Å². The number of hydrogen-bond acceptors (Lipinski definition) is 5. The number of amides is 1. The van der Waals surface area contributed by atoms with Crippen LogP contribution in [0.2, 0.25) is 0 Å². The van der Waals surface area contributed by atoms with Crippen LogP contribution < -0.4 is 5.32 Å². The second kappa shape index (κ2) is 7.13. The second-order valence-corrected chi connectivity index (χ2v) is 7.23. The molecule has 0 spiro atoms. The van der Waals surface area contributed by atoms with E-state index in [9.17, 15) is 4.79 Å². The number of nitrogens with one attached hydrogen (secondary N) is 1. The maximum atomic E-state index is 12.0. The minimum absolute atomic E-state index is 0.0464. The number of thiophene rings is 1. The predicted octanol–water partition coefficient (Wildman–Crippen LogP) is 3.89. The van der Waals surface area contributed by atoms with Crippen molar-refractivity contribution >= 4 is 44.5 Å². The van der Waals surface area contributed by atoms with E-state index >= 15 is 0 Å². The molecule has 1 amide bonds. The third kappa shape index (κ3) is 4.00. The first-order valence-corrected chi connectivity index (χ1v) is 9.11. The highest BCUT2D eigenvalue weighted by molar-refractivity contribution is 9.10. The predicted molar refractivity (Wildman–Crippen MR) is 92.9 cm³/mol. The smallest absolute Gasteiger partial charge is 0.226 e. The highest BCUT2D eigenvalue weighted by atomic mass is 79.9. The lowest BCUT2D eigenvalue weighted by molar-refractivity contribution is -0.120. The van der Waals surface area contributed by atoms with Gasteiger partial charge in [0.1, 0.15) is 5.01 Å². The fourth-order valence-electron chi connectivity index (χ4n) is 1.85. The van der Waals surface area contributed by atoms with Gasteiger partial charge >= 0.3 is 0 Å². The van der Waals surface area contributed by atoms with Crippen LogP contribution in [0.1, 0.15) is 11.4 Å². The molecule has 3 heterocycles. The molecule has 0 atom stereocenters. The van der Waals surface area contributed by atoms with Gasteiger partial charge in [-0.2, -0.15) is 0 Å². The van der Waals surface area contributed by atoms with E-state index in [0.29, 0.717) is 6.54 Å². The van der Waals surface area contributed by atoms with Gasteiger partial charge in [0.05, 0.1) is 29.2 Å². The van der Waals surface area contributed by atoms with Crippen LogP contribution in [-0.4, -0.2) is 15.9 Å². The summed E-state index contributed by atoms with van der Waals surface area (Å²) in [7, 11) is 0. The highest BCUT2D eigenvalue weighted by Crippen LogP contribution is 2.31. The first-order valence-electron chi connectivity index (χ1n) is 6.56. The molecular formula is C15H12BrN3OS2. The molecule has 0 saturated carbocycles. The van der Waals surface area contributed by atoms with Crippen molar-refractivity contribution in [1.82, 2.24) is 15.3 Å². The van der Waals surface area contributed by atoms with Crippen molar-refractivity contribution in [3.8, 4) is 9.88 Å². The maximum Gasteiger partial charge on any atom is 0.226 e. The summed E-state index contributed by atoms with van der Waals surface area (Å²) in [6.07, 6.45) is 2.00. The van der Waals surface area contributed by atoms with E-state index in [1.165, 1.54) is 0 Å². The Kier molecular flexibility index (Phi) is 4.97. The lowest BCUT2D eigenvalue weighted by atomic mass is 10.3. The zero-order chi connectivity index (χ0) is 15.4. The standard InChI is InChI=1S/C15H12BrN3OS2/c16-10-5-13(21-8-10)15-19-12(9-22-15)6-14(20)18-7-11-3-1-2-4-17-11/h1-5,8-9H,6-7H2,(H,18,20). The van der Waals surface area contributed by atoms with Crippen LogP contribution in [0.5, 0.6) is 0 Å². The van der Waals surface area contributed by atoms with Crippen molar-refractivity contribution < 1.29 is 4.79 Å². The summed E-state index contributed by atoms with van der Waals surface area (Å²) in [5.74, 6) is -0.0464. The van der Waals surface area contributed by atoms with Crippen molar-refractivity contribution in [2.75, 3.05) is 0 Å². The lowest BCUT2D eigenvalue weighted by Crippen LogP contribution is -2.25. The summed E-state index contributed by atoms with van der Waals surface area (Å²) in [5.41, 5.74) is 1.64. The van der Waals surface area contributed by atoms with E-state index < -0.39 is 0 Å². The van der Waals surface area contributed by atoms with Gasteiger partial charge in [-0.05, 0) is 34.1 Å². The molecule has 7 heteroatoms. The average Bonchev–Trinajstić information content (AvgIpc) is 3.15. The van der Waals surface area contributed by atoms with E-state index in [0.717, 1.165) is 25.7 Å². The average molecular weight is 394 g/mol. The van der Waals surface area contributed by atoms with Gasteiger partial charge in [0, 0.05) is 21.4 Å². The van der Waals surface area contributed by atoms with Crippen molar-refractivity contribution in [1.29, 1.82) is 0 Å². The molecule has 0 unspecified atom stereocenters. The summed E-state index contributed by atoms with van der Waals surface area (Å²) >= 11 is 6.63. The van der Waals surface area contributed by atoms with Gasteiger partial charge in [-0.25, -0.2) is 4.98 Å². The monoisotopic (exact) mass is 393 g/mol. The molecule has 3 aromatic rings. The fraction of sp³-hybridized carbons (Fsp3) is 0.133. The summed E-state index contributed by atoms with van der Waals surface area (Å²) in [6.45, 7) is 0.439. The van der Waals surface area contributed by atoms with Crippen LogP contribution in [0.4, 0.5) is 0 Å². The SMILES string of the molecule is O=C(Cc1csc(-c2cc(Br)cs2)n1)NCc1ccccn1. The molecule has 0 bridgehead atoms. The van der Waals surface area contributed by atoms with Crippen molar-refractivity contribution in [3.05, 3.63) is 57.1 Å². The van der Waals surface area contributed by atoms with Crippen LogP contribution in [0.15, 0.2) is 45.7 Å². The normalized spacial score (nSPS) is 10.6. The Balaban J connectivity index is 1.57. The number of hydrogen-bond donors (Lipinski definition) is 1. The molecule has 3 aromatic heterocycles. The van der Waals surface area contributed by atoms with Crippen LogP contribution in [0, 0.1) is 0 Å². The zero-order valence-electron chi connectivity index (χ0n) is 11.5. The Hall–Kier alpha value is -1.57. The van der Waals surface area contributed by atoms with Crippen LogP contribution in [-0.2, 0) is 17.8 Å². The van der Waals surface area contributed by atoms with E-state index in [1.54, 1.807) is 28.9 Å². The molecule has 1 N–H and O–H groups in total. The van der Waals surface area contributed by atoms with Crippen LogP contribution in [0.3, 0.4) is 0 Å². The molecule has 0 aliphatic rings. The third-order valence-corrected chi connectivity index (χ3v) is 5.62. The van der Waals surface area contributed by atoms with Gasteiger partial charge in [-0.3, -0.25) is 9.78 Å². The van der Waals surface area contributed by atoms with E-state index in [4.69, 9.17) is 0 Å². The number of aromatic nitrogens is 2. The van der Waals surface area contributed by atoms with Crippen molar-refractivity contribution in [2.45, 2.75) is 13.0 Å². The Morgan fingerprint density at radius 2 is 2.14 bits per heavy atom. The summed E-state index contributed by atoms with van der Waals surface area (Å²) in [4.78, 5) is 21.8. The van der Waals surface area contributed by atoms with Gasteiger partial charge in [0.25, 0.3) is 0 Å². The molecule has 4 nitrogen and oxygen atoms in total. The molecule has 3 rings (SSSR count). The molecule has 112 valence electrons. The second-order valence-electron chi connectivity index (χ2n) is 4.55. The largest absolute Gasteiger partial charge is 0.350 e. The van der Waals surface area contributed by atoms with E-state index in [2.05, 4.69) is 31.2 Å². The number of nitrogens with zero attached hydrogens (tertiary/aromatic N) is 2. The third-order valence-electron chi connectivity index (χ3n) is 2.86. The van der Waals surface area contributed by atoms with Gasteiger partial charge in [0.2, 0.25) is 5.91 Å². The molecule has 22 heavy (non-hydrogen) atoms. The van der Waals surface area contributed by atoms with Crippen molar-refractivity contribution in [3.63, 3.8) is 0 Å². The summed E-state index contributed by atoms with van der Waals surface area (Å²) < 4.78 is 1.05. The van der Waals surface area contributed by atoms with Crippen molar-refractivity contribution in [2.24, 2.45) is 0 Å². The topological polar surface area (TPSA) is 54.9 Å². The minimum atomic E-state index is -0.0464. The number of thiazole rings is 1. The summed E-state index contributed by atoms with van der Waals surface area (Å²) in [6, 6.07) is 7.68. The maximum absolute atomic E-state index is 12.0. The molecule has 0 aliphatic carbocycles. The van der Waals surface area contributed by atoms with E-state index in [-0.39, 0.29) is 12.3 Å². The molecule has 0 aliphatic heterocycles. The number of halogens is 1. The minimum Gasteiger partial charge on any atom is -0.350 e. The number of pyridine rings is 1. The first-order chi connectivity index (χ1) is 10.7. The number of rotatable bonds is 5. The Bertz CT molecular complexity index is 770. The molecular weight excluding hydrogens is 382 g/mol. The molecule has 0 radical (unpaired) electrons. The Labute approximate surface area is 144 Å². The lowest BCUT2D eigenvalue weighted by Gasteiger charge is -2.03. The molecule has 0 fully saturated rings.